The fourth-order valence-corrected chi connectivity index (χ4v) is 3.47. The second-order valence-electron chi connectivity index (χ2n) is 6.65. The zero-order chi connectivity index (χ0) is 14.5. The van der Waals surface area contributed by atoms with Crippen LogP contribution in [0.2, 0.25) is 0 Å². The topological polar surface area (TPSA) is 26.7 Å². The van der Waals surface area contributed by atoms with Crippen LogP contribution in [0, 0.1) is 5.92 Å². The van der Waals surface area contributed by atoms with E-state index in [-0.39, 0.29) is 0 Å². The van der Waals surface area contributed by atoms with Crippen molar-refractivity contribution in [2.24, 2.45) is 5.92 Å². The van der Waals surface area contributed by atoms with Crippen LogP contribution in [0.1, 0.15) is 31.2 Å². The Morgan fingerprint density at radius 3 is 2.38 bits per heavy atom. The molecule has 2 aliphatic rings. The second-order valence-corrected chi connectivity index (χ2v) is 6.65. The van der Waals surface area contributed by atoms with Gasteiger partial charge in [-0.1, -0.05) is 30.3 Å². The number of nitrogens with zero attached hydrogens (tertiary/aromatic N) is 2. The summed E-state index contributed by atoms with van der Waals surface area (Å²) in [5.74, 6) is 0.837. The van der Waals surface area contributed by atoms with Crippen LogP contribution >= 0.6 is 0 Å². The van der Waals surface area contributed by atoms with Gasteiger partial charge in [0.2, 0.25) is 0 Å². The van der Waals surface area contributed by atoms with E-state index in [1.165, 1.54) is 37.8 Å². The van der Waals surface area contributed by atoms with Crippen molar-refractivity contribution >= 4 is 0 Å². The van der Waals surface area contributed by atoms with Crippen molar-refractivity contribution in [1.29, 1.82) is 0 Å². The van der Waals surface area contributed by atoms with Gasteiger partial charge in [0.25, 0.3) is 0 Å². The summed E-state index contributed by atoms with van der Waals surface area (Å²) in [6.45, 7) is 5.84. The lowest BCUT2D eigenvalue weighted by atomic mass is 9.96. The highest BCUT2D eigenvalue weighted by molar-refractivity contribution is 5.15. The number of benzene rings is 1. The Morgan fingerprint density at radius 1 is 1.05 bits per heavy atom. The lowest BCUT2D eigenvalue weighted by Gasteiger charge is -2.34. The molecule has 21 heavy (non-hydrogen) atoms. The second kappa shape index (κ2) is 7.39. The van der Waals surface area contributed by atoms with Gasteiger partial charge in [-0.05, 0) is 50.3 Å². The fourth-order valence-electron chi connectivity index (χ4n) is 3.47. The molecule has 116 valence electrons. The van der Waals surface area contributed by atoms with E-state index in [4.69, 9.17) is 5.11 Å². The first-order chi connectivity index (χ1) is 10.3. The molecule has 0 unspecified atom stereocenters. The van der Waals surface area contributed by atoms with Gasteiger partial charge in [-0.2, -0.15) is 0 Å². The van der Waals surface area contributed by atoms with E-state index in [1.807, 2.05) is 0 Å². The number of β-amino-alcohol motifs (C(OH)–C–C–N with tert-alkyl or cyclic N) is 1. The summed E-state index contributed by atoms with van der Waals surface area (Å²) in [6.07, 6.45) is 5.35. The highest BCUT2D eigenvalue weighted by Crippen LogP contribution is 2.30. The Bertz CT molecular complexity index is 410. The van der Waals surface area contributed by atoms with Crippen LogP contribution in [0.3, 0.4) is 0 Å². The van der Waals surface area contributed by atoms with E-state index in [9.17, 15) is 0 Å². The Labute approximate surface area is 128 Å². The first-order valence-corrected chi connectivity index (χ1v) is 8.46. The largest absolute Gasteiger partial charge is 0.395 e. The summed E-state index contributed by atoms with van der Waals surface area (Å²) >= 11 is 0. The van der Waals surface area contributed by atoms with Crippen molar-refractivity contribution in [1.82, 2.24) is 9.80 Å². The summed E-state index contributed by atoms with van der Waals surface area (Å²) in [7, 11) is 0. The third-order valence-electron chi connectivity index (χ3n) is 4.91. The van der Waals surface area contributed by atoms with Gasteiger partial charge in [-0.25, -0.2) is 0 Å². The average Bonchev–Trinajstić information content (AvgIpc) is 3.35. The summed E-state index contributed by atoms with van der Waals surface area (Å²) in [5.41, 5.74) is 1.45. The van der Waals surface area contributed by atoms with Crippen LogP contribution in [0.25, 0.3) is 0 Å². The van der Waals surface area contributed by atoms with Crippen molar-refractivity contribution in [3.8, 4) is 0 Å². The van der Waals surface area contributed by atoms with Gasteiger partial charge in [0.15, 0.2) is 0 Å². The molecule has 1 saturated carbocycles. The smallest absolute Gasteiger partial charge is 0.0558 e. The predicted octanol–water partition coefficient (Wildman–Crippen LogP) is 2.36. The highest BCUT2D eigenvalue weighted by Gasteiger charge is 2.31. The molecule has 3 rings (SSSR count). The monoisotopic (exact) mass is 288 g/mol. The summed E-state index contributed by atoms with van der Waals surface area (Å²) in [6, 6.07) is 11.7. The van der Waals surface area contributed by atoms with Crippen LogP contribution in [-0.2, 0) is 6.54 Å². The summed E-state index contributed by atoms with van der Waals surface area (Å²) in [5, 5.41) is 9.03. The van der Waals surface area contributed by atoms with Gasteiger partial charge in [0, 0.05) is 25.7 Å². The number of hydrogen-bond acceptors (Lipinski definition) is 3. The number of hydrogen-bond donors (Lipinski definition) is 1. The SMILES string of the molecule is OCCN1CCC(CN(Cc2ccccc2)C2CC2)CC1. The molecule has 1 N–H and O–H groups in total. The number of likely N-dealkylation sites (tertiary alicyclic amines) is 1. The molecule has 0 spiro atoms. The Morgan fingerprint density at radius 2 is 1.76 bits per heavy atom. The Kier molecular flexibility index (Phi) is 5.28. The minimum atomic E-state index is 0.298. The van der Waals surface area contributed by atoms with Gasteiger partial charge < -0.3 is 10.0 Å². The summed E-state index contributed by atoms with van der Waals surface area (Å²) in [4.78, 5) is 5.11. The molecule has 3 heteroatoms. The quantitative estimate of drug-likeness (QED) is 0.834. The van der Waals surface area contributed by atoms with Gasteiger partial charge in [0.05, 0.1) is 6.61 Å². The van der Waals surface area contributed by atoms with Crippen LogP contribution in [0.4, 0.5) is 0 Å². The van der Waals surface area contributed by atoms with Crippen LogP contribution in [0.5, 0.6) is 0 Å². The van der Waals surface area contributed by atoms with Gasteiger partial charge in [0.1, 0.15) is 0 Å². The number of piperidine rings is 1. The van der Waals surface area contributed by atoms with Gasteiger partial charge in [-0.15, -0.1) is 0 Å². The first kappa shape index (κ1) is 15.0. The Balaban J connectivity index is 1.50. The minimum Gasteiger partial charge on any atom is -0.395 e. The molecule has 1 aliphatic carbocycles. The molecule has 1 aliphatic heterocycles. The minimum absolute atomic E-state index is 0.298. The fraction of sp³-hybridized carbons (Fsp3) is 0.667. The van der Waals surface area contributed by atoms with Crippen molar-refractivity contribution in [2.75, 3.05) is 32.8 Å². The van der Waals surface area contributed by atoms with Crippen molar-refractivity contribution in [2.45, 2.75) is 38.3 Å². The molecular formula is C18H28N2O. The first-order valence-electron chi connectivity index (χ1n) is 8.46. The van der Waals surface area contributed by atoms with E-state index in [0.717, 1.165) is 38.1 Å². The van der Waals surface area contributed by atoms with E-state index < -0.39 is 0 Å². The maximum atomic E-state index is 9.03. The average molecular weight is 288 g/mol. The maximum Gasteiger partial charge on any atom is 0.0558 e. The number of rotatable bonds is 7. The molecule has 1 aromatic carbocycles. The molecule has 1 aromatic rings. The zero-order valence-electron chi connectivity index (χ0n) is 13.0. The number of aliphatic hydroxyl groups excluding tert-OH is 1. The van der Waals surface area contributed by atoms with Crippen molar-refractivity contribution in [3.05, 3.63) is 35.9 Å². The molecule has 1 heterocycles. The van der Waals surface area contributed by atoms with Crippen LogP contribution < -0.4 is 0 Å². The zero-order valence-corrected chi connectivity index (χ0v) is 13.0. The van der Waals surface area contributed by atoms with Crippen LogP contribution in [0.15, 0.2) is 30.3 Å². The molecule has 2 fully saturated rings. The molecule has 1 saturated heterocycles. The molecule has 0 radical (unpaired) electrons. The summed E-state index contributed by atoms with van der Waals surface area (Å²) < 4.78 is 0. The van der Waals surface area contributed by atoms with E-state index in [0.29, 0.717) is 6.61 Å². The maximum absolute atomic E-state index is 9.03. The molecule has 0 aromatic heterocycles. The predicted molar refractivity (Wildman–Crippen MR) is 86.1 cm³/mol. The molecule has 0 atom stereocenters. The molecule has 3 nitrogen and oxygen atoms in total. The standard InChI is InChI=1S/C18H28N2O/c21-13-12-19-10-8-17(9-11-19)15-20(18-6-7-18)14-16-4-2-1-3-5-16/h1-5,17-18,21H,6-15H2. The normalized spacial score (nSPS) is 21.0. The van der Waals surface area contributed by atoms with Crippen molar-refractivity contribution < 1.29 is 5.11 Å². The lowest BCUT2D eigenvalue weighted by Crippen LogP contribution is -2.40. The van der Waals surface area contributed by atoms with Crippen molar-refractivity contribution in [3.63, 3.8) is 0 Å². The molecular weight excluding hydrogens is 260 g/mol. The van der Waals surface area contributed by atoms with Gasteiger partial charge in [-0.3, -0.25) is 4.90 Å². The van der Waals surface area contributed by atoms with E-state index >= 15 is 0 Å². The number of aliphatic hydroxyl groups is 1. The molecule has 0 bridgehead atoms. The van der Waals surface area contributed by atoms with Crippen LogP contribution in [-0.4, -0.2) is 53.7 Å². The third-order valence-corrected chi connectivity index (χ3v) is 4.91. The highest BCUT2D eigenvalue weighted by atomic mass is 16.3. The Hall–Kier alpha value is -0.900. The van der Waals surface area contributed by atoms with E-state index in [2.05, 4.69) is 40.1 Å². The van der Waals surface area contributed by atoms with E-state index in [1.54, 1.807) is 0 Å². The van der Waals surface area contributed by atoms with Gasteiger partial charge >= 0.3 is 0 Å². The molecule has 0 amide bonds. The third kappa shape index (κ3) is 4.53. The lowest BCUT2D eigenvalue weighted by molar-refractivity contribution is 0.119.